The van der Waals surface area contributed by atoms with E-state index in [0.29, 0.717) is 79.5 Å². The van der Waals surface area contributed by atoms with Crippen molar-refractivity contribution in [1.29, 1.82) is 0 Å². The topological polar surface area (TPSA) is 89.5 Å². The van der Waals surface area contributed by atoms with Crippen molar-refractivity contribution in [2.24, 2.45) is 0 Å². The van der Waals surface area contributed by atoms with Gasteiger partial charge in [-0.05, 0) is 50.7 Å². The molecule has 0 unspecified atom stereocenters. The molecular formula is C60H104O8S. The first-order valence-corrected chi connectivity index (χ1v) is 30.8. The minimum absolute atomic E-state index is 0.103. The molecule has 1 aliphatic rings. The third kappa shape index (κ3) is 22.2. The van der Waals surface area contributed by atoms with Crippen molar-refractivity contribution >= 4 is 9.84 Å². The smallest absolute Gasteiger partial charge is 0.215 e. The van der Waals surface area contributed by atoms with Gasteiger partial charge in [0.15, 0.2) is 11.5 Å². The molecule has 2 aromatic carbocycles. The average Bonchev–Trinajstić information content (AvgIpc) is 3.60. The van der Waals surface area contributed by atoms with E-state index in [1.54, 1.807) is 0 Å². The van der Waals surface area contributed by atoms with Crippen LogP contribution in [-0.4, -0.2) is 48.1 Å². The molecule has 0 aromatic heterocycles. The highest BCUT2D eigenvalue weighted by Gasteiger charge is 2.47. The van der Waals surface area contributed by atoms with Gasteiger partial charge in [0.1, 0.15) is 21.3 Å². The van der Waals surface area contributed by atoms with E-state index in [2.05, 4.69) is 41.5 Å². The number of rotatable bonds is 48. The normalized spacial score (nSPS) is 12.6. The lowest BCUT2D eigenvalue weighted by atomic mass is 10.0. The summed E-state index contributed by atoms with van der Waals surface area (Å²) in [6.45, 7) is 16.0. The van der Waals surface area contributed by atoms with Gasteiger partial charge in [-0.15, -0.1) is 0 Å². The molecular weight excluding hydrogens is 881 g/mol. The maximum Gasteiger partial charge on any atom is 0.215 e. The fraction of sp³-hybridized carbons (Fsp3) is 0.800. The molecule has 0 atom stereocenters. The number of ether oxygens (including phenoxy) is 6. The van der Waals surface area contributed by atoms with Gasteiger partial charge < -0.3 is 28.4 Å². The monoisotopic (exact) mass is 985 g/mol. The van der Waals surface area contributed by atoms with E-state index < -0.39 is 9.84 Å². The van der Waals surface area contributed by atoms with Crippen LogP contribution in [0.2, 0.25) is 0 Å². The van der Waals surface area contributed by atoms with E-state index in [1.807, 2.05) is 12.1 Å². The molecule has 1 aliphatic heterocycles. The van der Waals surface area contributed by atoms with Gasteiger partial charge >= 0.3 is 0 Å². The van der Waals surface area contributed by atoms with Crippen LogP contribution in [0.5, 0.6) is 34.5 Å². The minimum Gasteiger partial charge on any atom is -0.493 e. The molecule has 2 aromatic rings. The van der Waals surface area contributed by atoms with E-state index in [-0.39, 0.29) is 15.5 Å². The largest absolute Gasteiger partial charge is 0.493 e. The zero-order chi connectivity index (χ0) is 49.6. The molecule has 0 fully saturated rings. The third-order valence-corrected chi connectivity index (χ3v) is 15.5. The summed E-state index contributed by atoms with van der Waals surface area (Å²) in [6, 6.07) is 3.74. The van der Waals surface area contributed by atoms with Crippen molar-refractivity contribution in [1.82, 2.24) is 0 Å². The van der Waals surface area contributed by atoms with E-state index in [0.717, 1.165) is 116 Å². The van der Waals surface area contributed by atoms with Crippen molar-refractivity contribution in [3.63, 3.8) is 0 Å². The lowest BCUT2D eigenvalue weighted by Crippen LogP contribution is -2.12. The van der Waals surface area contributed by atoms with Crippen LogP contribution in [0.3, 0.4) is 0 Å². The summed E-state index contributed by atoms with van der Waals surface area (Å²) in [5.41, 5.74) is 0.979. The van der Waals surface area contributed by atoms with Gasteiger partial charge in [0, 0.05) is 0 Å². The molecule has 0 amide bonds. The van der Waals surface area contributed by atoms with Crippen LogP contribution in [0.25, 0.3) is 11.1 Å². The predicted octanol–water partition coefficient (Wildman–Crippen LogP) is 18.9. The fourth-order valence-corrected chi connectivity index (χ4v) is 11.3. The molecule has 0 radical (unpaired) electrons. The SMILES string of the molecule is CCCCCCCCOc1ccc(OCCCCCCCC)c2c1-c1c(OCCCCCCCC)c(OCCCCCCCC)c(OCCCCCCCC)c(OCCCCCCCC)c1S2(=O)=O. The zero-order valence-corrected chi connectivity index (χ0v) is 46.3. The Morgan fingerprint density at radius 3 is 0.899 bits per heavy atom. The van der Waals surface area contributed by atoms with Crippen LogP contribution in [0.15, 0.2) is 21.9 Å². The van der Waals surface area contributed by atoms with Crippen LogP contribution >= 0.6 is 0 Å². The molecule has 8 nitrogen and oxygen atoms in total. The molecule has 0 bridgehead atoms. The molecule has 69 heavy (non-hydrogen) atoms. The van der Waals surface area contributed by atoms with Gasteiger partial charge in [0.25, 0.3) is 0 Å². The highest BCUT2D eigenvalue weighted by molar-refractivity contribution is 7.92. The van der Waals surface area contributed by atoms with Crippen LogP contribution in [0.1, 0.15) is 273 Å². The number of unbranched alkanes of at least 4 members (excludes halogenated alkanes) is 30. The highest BCUT2D eigenvalue weighted by Crippen LogP contribution is 2.64. The molecule has 0 aliphatic carbocycles. The standard InChI is InChI=1S/C60H104O8S/c1-7-13-19-25-31-37-45-63-51-43-44-52(64-46-38-32-26-20-14-8-2)59-53(51)54-55(65-47-39-33-27-21-15-9-3)56(66-48-40-34-28-22-16-10-4)57(67-49-41-35-29-23-17-11-5)58(60(54)69(59,61)62)68-50-42-36-30-24-18-12-6/h43-44H,7-42,45-50H2,1-6H3. The number of hydrogen-bond acceptors (Lipinski definition) is 8. The summed E-state index contributed by atoms with van der Waals surface area (Å²) in [4.78, 5) is 0.249. The Morgan fingerprint density at radius 1 is 0.275 bits per heavy atom. The van der Waals surface area contributed by atoms with Crippen molar-refractivity contribution < 1.29 is 36.8 Å². The fourth-order valence-electron chi connectivity index (χ4n) is 9.39. The van der Waals surface area contributed by atoms with Gasteiger partial charge in [-0.1, -0.05) is 234 Å². The summed E-state index contributed by atoms with van der Waals surface area (Å²) in [5.74, 6) is 2.37. The number of benzene rings is 2. The molecule has 3 rings (SSSR count). The van der Waals surface area contributed by atoms with Crippen LogP contribution < -0.4 is 28.4 Å². The highest BCUT2D eigenvalue weighted by atomic mass is 32.2. The van der Waals surface area contributed by atoms with Gasteiger partial charge in [0.05, 0.1) is 50.8 Å². The van der Waals surface area contributed by atoms with E-state index in [1.165, 1.54) is 116 Å². The maximum atomic E-state index is 15.7. The summed E-state index contributed by atoms with van der Waals surface area (Å²) < 4.78 is 72.4. The Kier molecular flexibility index (Phi) is 34.0. The number of fused-ring (bicyclic) bond motifs is 3. The average molecular weight is 986 g/mol. The van der Waals surface area contributed by atoms with Gasteiger partial charge in [-0.3, -0.25) is 0 Å². The summed E-state index contributed by atoms with van der Waals surface area (Å²) in [5, 5.41) is 0. The van der Waals surface area contributed by atoms with Crippen molar-refractivity contribution in [2.45, 2.75) is 282 Å². The first kappa shape index (κ1) is 60.5. The Labute approximate surface area is 424 Å². The van der Waals surface area contributed by atoms with Gasteiger partial charge in [0.2, 0.25) is 21.3 Å². The van der Waals surface area contributed by atoms with Crippen molar-refractivity contribution in [3.8, 4) is 45.6 Å². The second-order valence-electron chi connectivity index (χ2n) is 20.0. The minimum atomic E-state index is -4.24. The first-order valence-electron chi connectivity index (χ1n) is 29.4. The molecule has 0 saturated carbocycles. The van der Waals surface area contributed by atoms with E-state index in [9.17, 15) is 0 Å². The van der Waals surface area contributed by atoms with Crippen molar-refractivity contribution in [2.75, 3.05) is 39.6 Å². The van der Waals surface area contributed by atoms with E-state index >= 15 is 8.42 Å². The molecule has 0 spiro atoms. The third-order valence-electron chi connectivity index (χ3n) is 13.6. The predicted molar refractivity (Wildman–Crippen MR) is 291 cm³/mol. The Hall–Kier alpha value is -2.81. The molecule has 0 N–H and O–H groups in total. The second-order valence-corrected chi connectivity index (χ2v) is 21.8. The lowest BCUT2D eigenvalue weighted by Gasteiger charge is -2.24. The van der Waals surface area contributed by atoms with E-state index in [4.69, 9.17) is 28.4 Å². The lowest BCUT2D eigenvalue weighted by molar-refractivity contribution is 0.216. The Morgan fingerprint density at radius 2 is 0.536 bits per heavy atom. The summed E-state index contributed by atoms with van der Waals surface area (Å²) in [6.07, 6.45) is 40.0. The van der Waals surface area contributed by atoms with Crippen molar-refractivity contribution in [3.05, 3.63) is 12.1 Å². The Balaban J connectivity index is 2.28. The second kappa shape index (κ2) is 38.8. The van der Waals surface area contributed by atoms with Crippen LogP contribution in [-0.2, 0) is 9.84 Å². The molecule has 0 saturated heterocycles. The molecule has 9 heteroatoms. The summed E-state index contributed by atoms with van der Waals surface area (Å²) >= 11 is 0. The van der Waals surface area contributed by atoms with Gasteiger partial charge in [-0.25, -0.2) is 8.42 Å². The maximum absolute atomic E-state index is 15.7. The molecule has 398 valence electrons. The zero-order valence-electron chi connectivity index (χ0n) is 45.5. The summed E-state index contributed by atoms with van der Waals surface area (Å²) in [7, 11) is -4.24. The Bertz CT molecular complexity index is 1710. The van der Waals surface area contributed by atoms with Crippen LogP contribution in [0, 0.1) is 0 Å². The van der Waals surface area contributed by atoms with Crippen LogP contribution in [0.4, 0.5) is 0 Å². The van der Waals surface area contributed by atoms with Gasteiger partial charge in [-0.2, -0.15) is 0 Å². The number of sulfone groups is 1. The quantitative estimate of drug-likeness (QED) is 0.0517. The number of hydrogen-bond donors (Lipinski definition) is 0. The molecule has 1 heterocycles. The first-order chi connectivity index (χ1) is 33.9.